The number of hydrogen-bond acceptors (Lipinski definition) is 4. The summed E-state index contributed by atoms with van der Waals surface area (Å²) in [4.78, 5) is 32.0. The van der Waals surface area contributed by atoms with Gasteiger partial charge in [0.15, 0.2) is 0 Å². The molecule has 1 saturated heterocycles. The van der Waals surface area contributed by atoms with Gasteiger partial charge in [-0.3, -0.25) is 14.6 Å². The highest BCUT2D eigenvalue weighted by molar-refractivity contribution is 5.97. The maximum Gasteiger partial charge on any atom is 0.251 e. The molecule has 146 valence electrons. The molecule has 2 heterocycles. The number of nitrogens with two attached hydrogens (primary N) is 1. The van der Waals surface area contributed by atoms with Crippen molar-refractivity contribution in [1.29, 1.82) is 0 Å². The van der Waals surface area contributed by atoms with Crippen molar-refractivity contribution in [2.24, 2.45) is 17.6 Å². The Morgan fingerprint density at radius 1 is 1.14 bits per heavy atom. The number of carbonyl (C=O) groups excluding carboxylic acids is 2. The van der Waals surface area contributed by atoms with Crippen molar-refractivity contribution in [2.75, 3.05) is 13.1 Å². The van der Waals surface area contributed by atoms with Crippen molar-refractivity contribution in [3.63, 3.8) is 0 Å². The van der Waals surface area contributed by atoms with Crippen LogP contribution in [0.5, 0.6) is 0 Å². The van der Waals surface area contributed by atoms with E-state index in [4.69, 9.17) is 5.73 Å². The Morgan fingerprint density at radius 3 is 2.68 bits per heavy atom. The van der Waals surface area contributed by atoms with Gasteiger partial charge in [0.2, 0.25) is 5.91 Å². The van der Waals surface area contributed by atoms with Gasteiger partial charge in [0.25, 0.3) is 5.91 Å². The van der Waals surface area contributed by atoms with Crippen LogP contribution >= 0.6 is 0 Å². The van der Waals surface area contributed by atoms with Gasteiger partial charge in [-0.15, -0.1) is 0 Å². The third-order valence-electron chi connectivity index (χ3n) is 6.03. The van der Waals surface area contributed by atoms with Gasteiger partial charge in [0.1, 0.15) is 6.04 Å². The number of rotatable bonds is 5. The summed E-state index contributed by atoms with van der Waals surface area (Å²) < 4.78 is 0. The molecule has 4 atom stereocenters. The zero-order valence-corrected chi connectivity index (χ0v) is 15.8. The Balaban J connectivity index is 1.51. The van der Waals surface area contributed by atoms with Crippen LogP contribution in [-0.4, -0.2) is 46.9 Å². The zero-order valence-electron chi connectivity index (χ0n) is 15.8. The molecule has 0 spiro atoms. The van der Waals surface area contributed by atoms with Crippen LogP contribution in [-0.2, 0) is 11.2 Å². The quantitative estimate of drug-likeness (QED) is 0.828. The standard InChI is InChI=1S/C22H26N4O2/c23-19-9-8-17-13-26(14-18(17)19)22(28)20(11-15-5-4-10-24-12-15)25-21(27)16-6-2-1-3-7-16/h1-7,10,12,17-20H,8-9,11,13-14,23H2,(H,25,27). The first-order chi connectivity index (χ1) is 13.6. The number of fused-ring (bicyclic) bond motifs is 1. The molecule has 4 rings (SSSR count). The van der Waals surface area contributed by atoms with Gasteiger partial charge >= 0.3 is 0 Å². The van der Waals surface area contributed by atoms with E-state index in [0.717, 1.165) is 24.9 Å². The second-order valence-electron chi connectivity index (χ2n) is 7.87. The van der Waals surface area contributed by atoms with Crippen LogP contribution in [0.4, 0.5) is 0 Å². The summed E-state index contributed by atoms with van der Waals surface area (Å²) in [5.74, 6) is 0.601. The number of aromatic nitrogens is 1. The lowest BCUT2D eigenvalue weighted by molar-refractivity contribution is -0.132. The molecular formula is C22H26N4O2. The number of pyridine rings is 1. The SMILES string of the molecule is NC1CCC2CN(C(=O)C(Cc3cccnc3)NC(=O)c3ccccc3)CC12. The number of nitrogens with one attached hydrogen (secondary N) is 1. The molecule has 6 nitrogen and oxygen atoms in total. The maximum atomic E-state index is 13.3. The number of amides is 2. The minimum atomic E-state index is -0.619. The average molecular weight is 378 g/mol. The fourth-order valence-corrected chi connectivity index (χ4v) is 4.49. The molecule has 1 aromatic carbocycles. The van der Waals surface area contributed by atoms with Crippen LogP contribution in [0.2, 0.25) is 0 Å². The zero-order chi connectivity index (χ0) is 19.5. The minimum Gasteiger partial charge on any atom is -0.340 e. The Bertz CT molecular complexity index is 827. The third kappa shape index (κ3) is 3.92. The molecule has 2 aliphatic rings. The molecule has 0 bridgehead atoms. The Labute approximate surface area is 165 Å². The fourth-order valence-electron chi connectivity index (χ4n) is 4.49. The largest absolute Gasteiger partial charge is 0.340 e. The second kappa shape index (κ2) is 8.10. The number of likely N-dealkylation sites (tertiary alicyclic amines) is 1. The van der Waals surface area contributed by atoms with Crippen LogP contribution in [0.15, 0.2) is 54.9 Å². The van der Waals surface area contributed by atoms with E-state index in [2.05, 4.69) is 10.3 Å². The first-order valence-electron chi connectivity index (χ1n) is 9.91. The van der Waals surface area contributed by atoms with Crippen molar-refractivity contribution in [3.05, 3.63) is 66.0 Å². The monoisotopic (exact) mass is 378 g/mol. The normalized spacial score (nSPS) is 24.6. The van der Waals surface area contributed by atoms with E-state index >= 15 is 0 Å². The number of benzene rings is 1. The molecule has 2 amide bonds. The summed E-state index contributed by atoms with van der Waals surface area (Å²) in [5.41, 5.74) is 7.69. The van der Waals surface area contributed by atoms with E-state index < -0.39 is 6.04 Å². The molecule has 4 unspecified atom stereocenters. The van der Waals surface area contributed by atoms with E-state index in [-0.39, 0.29) is 17.9 Å². The lowest BCUT2D eigenvalue weighted by Crippen LogP contribution is -2.49. The fraction of sp³-hybridized carbons (Fsp3) is 0.409. The lowest BCUT2D eigenvalue weighted by Gasteiger charge is -2.25. The van der Waals surface area contributed by atoms with Crippen molar-refractivity contribution in [2.45, 2.75) is 31.3 Å². The maximum absolute atomic E-state index is 13.3. The summed E-state index contributed by atoms with van der Waals surface area (Å²) in [5, 5.41) is 2.95. The molecule has 2 fully saturated rings. The molecule has 1 aliphatic carbocycles. The molecule has 1 aromatic heterocycles. The van der Waals surface area contributed by atoms with Crippen molar-refractivity contribution >= 4 is 11.8 Å². The molecule has 2 aromatic rings. The third-order valence-corrected chi connectivity index (χ3v) is 6.03. The van der Waals surface area contributed by atoms with Gasteiger partial charge in [0, 0.05) is 43.5 Å². The molecular weight excluding hydrogens is 352 g/mol. The Hall–Kier alpha value is -2.73. The lowest BCUT2D eigenvalue weighted by atomic mass is 9.98. The number of nitrogens with zero attached hydrogens (tertiary/aromatic N) is 2. The van der Waals surface area contributed by atoms with Crippen LogP contribution in [0, 0.1) is 11.8 Å². The average Bonchev–Trinajstić information content (AvgIpc) is 3.30. The van der Waals surface area contributed by atoms with Gasteiger partial charge in [-0.1, -0.05) is 24.3 Å². The summed E-state index contributed by atoms with van der Waals surface area (Å²) in [6.45, 7) is 1.43. The van der Waals surface area contributed by atoms with Crippen LogP contribution in [0.3, 0.4) is 0 Å². The highest BCUT2D eigenvalue weighted by atomic mass is 16.2. The van der Waals surface area contributed by atoms with Gasteiger partial charge in [-0.2, -0.15) is 0 Å². The topological polar surface area (TPSA) is 88.3 Å². The van der Waals surface area contributed by atoms with E-state index in [1.807, 2.05) is 35.2 Å². The highest BCUT2D eigenvalue weighted by Gasteiger charge is 2.43. The van der Waals surface area contributed by atoms with E-state index in [1.54, 1.807) is 24.5 Å². The predicted molar refractivity (Wildman–Crippen MR) is 106 cm³/mol. The van der Waals surface area contributed by atoms with Crippen molar-refractivity contribution in [1.82, 2.24) is 15.2 Å². The van der Waals surface area contributed by atoms with E-state index in [1.165, 1.54) is 0 Å². The number of hydrogen-bond donors (Lipinski definition) is 2. The van der Waals surface area contributed by atoms with Crippen LogP contribution in [0.25, 0.3) is 0 Å². The van der Waals surface area contributed by atoms with Crippen LogP contribution < -0.4 is 11.1 Å². The predicted octanol–water partition coefficient (Wildman–Crippen LogP) is 1.62. The molecule has 1 aliphatic heterocycles. The summed E-state index contributed by atoms with van der Waals surface area (Å²) in [6, 6.07) is 12.3. The highest BCUT2D eigenvalue weighted by Crippen LogP contribution is 2.37. The summed E-state index contributed by atoms with van der Waals surface area (Å²) in [6.07, 6.45) is 5.99. The number of carbonyl (C=O) groups is 2. The van der Waals surface area contributed by atoms with Gasteiger partial charge in [-0.25, -0.2) is 0 Å². The molecule has 6 heteroatoms. The first-order valence-corrected chi connectivity index (χ1v) is 9.91. The van der Waals surface area contributed by atoms with Gasteiger partial charge < -0.3 is 16.0 Å². The smallest absolute Gasteiger partial charge is 0.251 e. The first kappa shape index (κ1) is 18.6. The molecule has 3 N–H and O–H groups in total. The van der Waals surface area contributed by atoms with E-state index in [9.17, 15) is 9.59 Å². The molecule has 1 saturated carbocycles. The summed E-state index contributed by atoms with van der Waals surface area (Å²) >= 11 is 0. The molecule has 0 radical (unpaired) electrons. The summed E-state index contributed by atoms with van der Waals surface area (Å²) in [7, 11) is 0. The Kier molecular flexibility index (Phi) is 5.39. The molecule has 28 heavy (non-hydrogen) atoms. The van der Waals surface area contributed by atoms with Crippen LogP contribution in [0.1, 0.15) is 28.8 Å². The van der Waals surface area contributed by atoms with E-state index in [0.29, 0.717) is 30.4 Å². The second-order valence-corrected chi connectivity index (χ2v) is 7.87. The van der Waals surface area contributed by atoms with Gasteiger partial charge in [-0.05, 0) is 48.4 Å². The Morgan fingerprint density at radius 2 is 1.96 bits per heavy atom. The minimum absolute atomic E-state index is 0.0327. The van der Waals surface area contributed by atoms with Crippen molar-refractivity contribution < 1.29 is 9.59 Å². The van der Waals surface area contributed by atoms with Gasteiger partial charge in [0.05, 0.1) is 0 Å². The van der Waals surface area contributed by atoms with Crippen molar-refractivity contribution in [3.8, 4) is 0 Å².